The van der Waals surface area contributed by atoms with Crippen molar-refractivity contribution in [2.24, 2.45) is 0 Å². The fourth-order valence-corrected chi connectivity index (χ4v) is 3.48. The average Bonchev–Trinajstić information content (AvgIpc) is 3.10. The molecular weight excluding hydrogens is 366 g/mol. The van der Waals surface area contributed by atoms with E-state index < -0.39 is 42.6 Å². The van der Waals surface area contributed by atoms with Crippen LogP contribution in [0.2, 0.25) is 0 Å². The quantitative estimate of drug-likeness (QED) is 0.364. The highest BCUT2D eigenvalue weighted by molar-refractivity contribution is 7.19. The lowest BCUT2D eigenvalue weighted by molar-refractivity contribution is -0.218. The van der Waals surface area contributed by atoms with Gasteiger partial charge in [0, 0.05) is 30.5 Å². The highest BCUT2D eigenvalue weighted by Gasteiger charge is 2.36. The zero-order chi connectivity index (χ0) is 18.4. The molecule has 0 saturated heterocycles. The van der Waals surface area contributed by atoms with Gasteiger partial charge in [-0.1, -0.05) is 0 Å². The fraction of sp³-hybridized carbons (Fsp3) is 0.400. The van der Waals surface area contributed by atoms with E-state index in [-0.39, 0.29) is 4.88 Å². The van der Waals surface area contributed by atoms with Crippen LogP contribution >= 0.6 is 11.3 Å². The van der Waals surface area contributed by atoms with E-state index in [1.165, 1.54) is 6.07 Å². The minimum absolute atomic E-state index is 0.312. The number of fused-ring (bicyclic) bond motifs is 2. The molecule has 3 rings (SSSR count). The number of carbonyl (C=O) groups is 1. The molecule has 0 radical (unpaired) electrons. The van der Waals surface area contributed by atoms with Gasteiger partial charge in [0.1, 0.15) is 0 Å². The van der Waals surface area contributed by atoms with Crippen LogP contribution in [0.15, 0.2) is 18.2 Å². The normalized spacial score (nSPS) is 16.7. The van der Waals surface area contributed by atoms with E-state index in [9.17, 15) is 22.4 Å². The molecule has 136 valence electrons. The van der Waals surface area contributed by atoms with Gasteiger partial charge in [0.2, 0.25) is 6.29 Å². The van der Waals surface area contributed by atoms with E-state index in [1.54, 1.807) is 19.1 Å². The highest BCUT2D eigenvalue weighted by atomic mass is 32.1. The first-order chi connectivity index (χ1) is 11.7. The molecule has 1 aliphatic heterocycles. The summed E-state index contributed by atoms with van der Waals surface area (Å²) in [4.78, 5) is 10.9. The number of halogens is 4. The first kappa shape index (κ1) is 17.7. The number of hydroxylamine groups is 2. The third-order valence-electron chi connectivity index (χ3n) is 3.62. The van der Waals surface area contributed by atoms with Gasteiger partial charge in [0.15, 0.2) is 11.5 Å². The molecule has 0 spiro atoms. The minimum Gasteiger partial charge on any atom is -0.451 e. The first-order valence-electron chi connectivity index (χ1n) is 7.25. The Hall–Kier alpha value is -2.07. The van der Waals surface area contributed by atoms with Gasteiger partial charge in [-0.15, -0.1) is 11.3 Å². The monoisotopic (exact) mass is 379 g/mol. The number of hydrogen-bond acceptors (Lipinski definition) is 5. The van der Waals surface area contributed by atoms with E-state index in [4.69, 9.17) is 14.7 Å². The molecule has 1 aromatic carbocycles. The average molecular weight is 379 g/mol. The Bertz CT molecular complexity index is 767. The van der Waals surface area contributed by atoms with Gasteiger partial charge >= 0.3 is 6.55 Å². The second-order valence-corrected chi connectivity index (χ2v) is 6.55. The summed E-state index contributed by atoms with van der Waals surface area (Å²) in [5.74, 6) is -3.96. The molecule has 2 aromatic rings. The number of amides is 1. The van der Waals surface area contributed by atoms with Gasteiger partial charge in [0.25, 0.3) is 11.8 Å². The number of rotatable bonds is 5. The molecule has 0 bridgehead atoms. The van der Waals surface area contributed by atoms with Crippen LogP contribution in [0.25, 0.3) is 10.1 Å². The molecule has 10 heteroatoms. The zero-order valence-electron chi connectivity index (χ0n) is 12.8. The SMILES string of the molecule is CC1Oc2cc3cc(C(F)(F)CCC(=O)N(O)C(F)F)sc3cc2O1. The summed E-state index contributed by atoms with van der Waals surface area (Å²) in [6.45, 7) is -1.75. The standard InChI is InChI=1S/C15H13F4NO4S/c1-7-23-9-4-8-5-12(25-11(8)6-10(9)24-7)15(18,19)3-2-13(21)20(22)14(16)17/h4-7,14,22H,2-3H2,1H3. The van der Waals surface area contributed by atoms with Crippen LogP contribution in [0, 0.1) is 0 Å². The summed E-state index contributed by atoms with van der Waals surface area (Å²) < 4.78 is 64.2. The van der Waals surface area contributed by atoms with Crippen molar-refractivity contribution in [1.29, 1.82) is 0 Å². The van der Waals surface area contributed by atoms with Crippen molar-refractivity contribution in [2.75, 3.05) is 0 Å². The van der Waals surface area contributed by atoms with Crippen molar-refractivity contribution < 1.29 is 37.0 Å². The van der Waals surface area contributed by atoms with Crippen LogP contribution in [-0.2, 0) is 10.7 Å². The van der Waals surface area contributed by atoms with Gasteiger partial charge in [-0.3, -0.25) is 10.0 Å². The van der Waals surface area contributed by atoms with Gasteiger partial charge in [0.05, 0.1) is 4.88 Å². The Balaban J connectivity index is 1.77. The molecule has 1 atom stereocenters. The van der Waals surface area contributed by atoms with E-state index in [1.807, 2.05) is 0 Å². The van der Waals surface area contributed by atoms with Crippen molar-refractivity contribution in [2.45, 2.75) is 38.5 Å². The maximum Gasteiger partial charge on any atom is 0.339 e. The highest BCUT2D eigenvalue weighted by Crippen LogP contribution is 2.45. The van der Waals surface area contributed by atoms with Gasteiger partial charge in [-0.25, -0.2) is 8.78 Å². The van der Waals surface area contributed by atoms with Crippen LogP contribution in [0.5, 0.6) is 11.5 Å². The van der Waals surface area contributed by atoms with Crippen molar-refractivity contribution >= 4 is 27.3 Å². The molecule has 0 fully saturated rings. The first-order valence-corrected chi connectivity index (χ1v) is 8.07. The molecule has 25 heavy (non-hydrogen) atoms. The second-order valence-electron chi connectivity index (χ2n) is 5.47. The molecule has 0 aliphatic carbocycles. The van der Waals surface area contributed by atoms with Gasteiger partial charge < -0.3 is 9.47 Å². The topological polar surface area (TPSA) is 59.0 Å². The number of carbonyl (C=O) groups excluding carboxylic acids is 1. The molecule has 2 heterocycles. The Labute approximate surface area is 143 Å². The third kappa shape index (κ3) is 3.49. The Morgan fingerprint density at radius 1 is 1.32 bits per heavy atom. The summed E-state index contributed by atoms with van der Waals surface area (Å²) in [5.41, 5.74) is 0. The summed E-state index contributed by atoms with van der Waals surface area (Å²) >= 11 is 0.817. The van der Waals surface area contributed by atoms with Gasteiger partial charge in [-0.05, 0) is 17.5 Å². The van der Waals surface area contributed by atoms with E-state index in [0.29, 0.717) is 21.6 Å². The number of ether oxygens (including phenoxy) is 2. The summed E-state index contributed by atoms with van der Waals surface area (Å²) in [7, 11) is 0. The Morgan fingerprint density at radius 3 is 2.60 bits per heavy atom. The molecule has 1 amide bonds. The lowest BCUT2D eigenvalue weighted by Crippen LogP contribution is -2.32. The Morgan fingerprint density at radius 2 is 1.96 bits per heavy atom. The number of alkyl halides is 4. The van der Waals surface area contributed by atoms with E-state index >= 15 is 0 Å². The van der Waals surface area contributed by atoms with Gasteiger partial charge in [-0.2, -0.15) is 13.8 Å². The summed E-state index contributed by atoms with van der Waals surface area (Å²) in [6.07, 6.45) is -2.36. The predicted octanol–water partition coefficient (Wildman–Crippen LogP) is 4.33. The number of thiophene rings is 1. The number of benzene rings is 1. The van der Waals surface area contributed by atoms with E-state index in [0.717, 1.165) is 11.3 Å². The smallest absolute Gasteiger partial charge is 0.339 e. The van der Waals surface area contributed by atoms with Crippen LogP contribution in [0.1, 0.15) is 24.6 Å². The third-order valence-corrected chi connectivity index (χ3v) is 4.83. The van der Waals surface area contributed by atoms with Crippen molar-refractivity contribution in [3.63, 3.8) is 0 Å². The Kier molecular flexibility index (Phi) is 4.50. The lowest BCUT2D eigenvalue weighted by Gasteiger charge is -2.17. The number of nitrogens with zero attached hydrogens (tertiary/aromatic N) is 1. The lowest BCUT2D eigenvalue weighted by atomic mass is 10.1. The largest absolute Gasteiger partial charge is 0.451 e. The summed E-state index contributed by atoms with van der Waals surface area (Å²) in [6, 6.07) is 4.44. The van der Waals surface area contributed by atoms with Crippen LogP contribution in [0.3, 0.4) is 0 Å². The molecule has 5 nitrogen and oxygen atoms in total. The predicted molar refractivity (Wildman–Crippen MR) is 80.3 cm³/mol. The number of hydrogen-bond donors (Lipinski definition) is 1. The minimum atomic E-state index is -3.45. The fourth-order valence-electron chi connectivity index (χ4n) is 2.40. The molecule has 1 unspecified atom stereocenters. The maximum absolute atomic E-state index is 14.3. The van der Waals surface area contributed by atoms with E-state index in [2.05, 4.69) is 0 Å². The van der Waals surface area contributed by atoms with Crippen molar-refractivity contribution in [3.05, 3.63) is 23.1 Å². The van der Waals surface area contributed by atoms with Crippen LogP contribution in [-0.4, -0.2) is 29.0 Å². The molecule has 1 aliphatic rings. The van der Waals surface area contributed by atoms with Crippen molar-refractivity contribution in [3.8, 4) is 11.5 Å². The molecule has 1 N–H and O–H groups in total. The van der Waals surface area contributed by atoms with Crippen LogP contribution < -0.4 is 9.47 Å². The van der Waals surface area contributed by atoms with Crippen LogP contribution in [0.4, 0.5) is 17.6 Å². The second kappa shape index (κ2) is 6.34. The summed E-state index contributed by atoms with van der Waals surface area (Å²) in [5, 5.41) is 8.44. The zero-order valence-corrected chi connectivity index (χ0v) is 13.7. The molecular formula is C15H13F4NO4S. The van der Waals surface area contributed by atoms with Crippen molar-refractivity contribution in [1.82, 2.24) is 5.06 Å². The molecule has 1 aromatic heterocycles. The maximum atomic E-state index is 14.3. The molecule has 0 saturated carbocycles.